The van der Waals surface area contributed by atoms with E-state index in [0.29, 0.717) is 13.0 Å². The molecule has 3 N–H and O–H groups in total. The lowest BCUT2D eigenvalue weighted by Crippen LogP contribution is -2.37. The predicted molar refractivity (Wildman–Crippen MR) is 75.7 cm³/mol. The minimum Gasteiger partial charge on any atom is -0.489 e. The van der Waals surface area contributed by atoms with Gasteiger partial charge in [0, 0.05) is 6.42 Å². The van der Waals surface area contributed by atoms with Gasteiger partial charge in [-0.15, -0.1) is 0 Å². The Morgan fingerprint density at radius 2 is 1.74 bits per heavy atom. The standard InChI is InChI=1S/C16H19NO2/c1-16(17,18)11-14-8-5-9-15(10-14)19-12-13-6-3-2-4-7-13/h2-10,18H,11-12,17H2,1H3. The van der Waals surface area contributed by atoms with Crippen molar-refractivity contribution in [3.8, 4) is 5.75 Å². The average molecular weight is 257 g/mol. The second-order valence-corrected chi connectivity index (χ2v) is 4.96. The molecule has 0 aliphatic carbocycles. The Morgan fingerprint density at radius 3 is 2.42 bits per heavy atom. The van der Waals surface area contributed by atoms with Crippen LogP contribution < -0.4 is 10.5 Å². The molecule has 0 fully saturated rings. The smallest absolute Gasteiger partial charge is 0.120 e. The van der Waals surface area contributed by atoms with E-state index in [1.54, 1.807) is 6.92 Å². The third-order valence-corrected chi connectivity index (χ3v) is 2.71. The van der Waals surface area contributed by atoms with Gasteiger partial charge in [-0.25, -0.2) is 0 Å². The first kappa shape index (κ1) is 13.6. The fourth-order valence-electron chi connectivity index (χ4n) is 1.90. The van der Waals surface area contributed by atoms with Gasteiger partial charge >= 0.3 is 0 Å². The van der Waals surface area contributed by atoms with Gasteiger partial charge in [0.1, 0.15) is 18.1 Å². The monoisotopic (exact) mass is 257 g/mol. The summed E-state index contributed by atoms with van der Waals surface area (Å²) in [6, 6.07) is 17.6. The highest BCUT2D eigenvalue weighted by molar-refractivity contribution is 5.29. The number of aliphatic hydroxyl groups is 1. The summed E-state index contributed by atoms with van der Waals surface area (Å²) in [6.07, 6.45) is 0.398. The van der Waals surface area contributed by atoms with Gasteiger partial charge in [0.05, 0.1) is 0 Å². The van der Waals surface area contributed by atoms with Crippen molar-refractivity contribution >= 4 is 0 Å². The van der Waals surface area contributed by atoms with Crippen LogP contribution in [0.4, 0.5) is 0 Å². The molecule has 2 aromatic carbocycles. The van der Waals surface area contributed by atoms with Crippen molar-refractivity contribution in [3.63, 3.8) is 0 Å². The molecule has 0 heterocycles. The number of benzene rings is 2. The first-order chi connectivity index (χ1) is 9.03. The molecule has 0 bridgehead atoms. The molecule has 0 saturated heterocycles. The fourth-order valence-corrected chi connectivity index (χ4v) is 1.90. The summed E-state index contributed by atoms with van der Waals surface area (Å²) >= 11 is 0. The molecule has 1 unspecified atom stereocenters. The minimum atomic E-state index is -1.20. The van der Waals surface area contributed by atoms with Gasteiger partial charge in [-0.05, 0) is 30.2 Å². The molecule has 0 aliphatic heterocycles. The van der Waals surface area contributed by atoms with Gasteiger partial charge < -0.3 is 15.6 Å². The zero-order chi connectivity index (χ0) is 13.7. The molecule has 0 amide bonds. The Morgan fingerprint density at radius 1 is 1.05 bits per heavy atom. The Balaban J connectivity index is 1.99. The van der Waals surface area contributed by atoms with Gasteiger partial charge in [0.2, 0.25) is 0 Å². The van der Waals surface area contributed by atoms with Crippen LogP contribution >= 0.6 is 0 Å². The molecule has 0 saturated carbocycles. The van der Waals surface area contributed by atoms with E-state index in [9.17, 15) is 5.11 Å². The summed E-state index contributed by atoms with van der Waals surface area (Å²) < 4.78 is 5.72. The van der Waals surface area contributed by atoms with E-state index in [-0.39, 0.29) is 0 Å². The van der Waals surface area contributed by atoms with Crippen LogP contribution in [0.25, 0.3) is 0 Å². The van der Waals surface area contributed by atoms with E-state index in [1.165, 1.54) is 0 Å². The lowest BCUT2D eigenvalue weighted by atomic mass is 10.0. The largest absolute Gasteiger partial charge is 0.489 e. The van der Waals surface area contributed by atoms with Gasteiger partial charge in [-0.2, -0.15) is 0 Å². The second kappa shape index (κ2) is 5.87. The predicted octanol–water partition coefficient (Wildman–Crippen LogP) is 2.48. The second-order valence-electron chi connectivity index (χ2n) is 4.96. The Labute approximate surface area is 113 Å². The third-order valence-electron chi connectivity index (χ3n) is 2.71. The van der Waals surface area contributed by atoms with Crippen molar-refractivity contribution in [1.29, 1.82) is 0 Å². The van der Waals surface area contributed by atoms with E-state index in [4.69, 9.17) is 10.5 Å². The maximum absolute atomic E-state index is 9.61. The molecule has 1 atom stereocenters. The van der Waals surface area contributed by atoms with Gasteiger partial charge in [0.15, 0.2) is 0 Å². The third kappa shape index (κ3) is 4.73. The molecular formula is C16H19NO2. The minimum absolute atomic E-state index is 0.398. The SMILES string of the molecule is CC(N)(O)Cc1cccc(OCc2ccccc2)c1. The highest BCUT2D eigenvalue weighted by atomic mass is 16.5. The molecule has 3 nitrogen and oxygen atoms in total. The van der Waals surface area contributed by atoms with Crippen molar-refractivity contribution < 1.29 is 9.84 Å². The van der Waals surface area contributed by atoms with Crippen LogP contribution in [0.15, 0.2) is 54.6 Å². The molecule has 0 aliphatic rings. The molecule has 100 valence electrons. The number of ether oxygens (including phenoxy) is 1. The fraction of sp³-hybridized carbons (Fsp3) is 0.250. The normalized spacial score (nSPS) is 13.8. The quantitative estimate of drug-likeness (QED) is 0.809. The molecule has 0 spiro atoms. The Hall–Kier alpha value is -1.84. The molecule has 3 heteroatoms. The first-order valence-corrected chi connectivity index (χ1v) is 6.30. The molecular weight excluding hydrogens is 238 g/mol. The van der Waals surface area contributed by atoms with Crippen molar-refractivity contribution in [2.24, 2.45) is 5.73 Å². The van der Waals surface area contributed by atoms with E-state index in [2.05, 4.69) is 0 Å². The topological polar surface area (TPSA) is 55.5 Å². The van der Waals surface area contributed by atoms with Crippen LogP contribution in [0.2, 0.25) is 0 Å². The van der Waals surface area contributed by atoms with Crippen molar-refractivity contribution in [2.75, 3.05) is 0 Å². The van der Waals surface area contributed by atoms with E-state index >= 15 is 0 Å². The maximum atomic E-state index is 9.61. The van der Waals surface area contributed by atoms with Crippen LogP contribution in [0.1, 0.15) is 18.1 Å². The first-order valence-electron chi connectivity index (χ1n) is 6.30. The number of hydrogen-bond acceptors (Lipinski definition) is 3. The van der Waals surface area contributed by atoms with Crippen molar-refractivity contribution in [2.45, 2.75) is 25.7 Å². The highest BCUT2D eigenvalue weighted by Gasteiger charge is 2.14. The Bertz CT molecular complexity index is 518. The van der Waals surface area contributed by atoms with Crippen LogP contribution in [-0.4, -0.2) is 10.8 Å². The summed E-state index contributed by atoms with van der Waals surface area (Å²) in [6.45, 7) is 2.12. The number of hydrogen-bond donors (Lipinski definition) is 2. The Kier molecular flexibility index (Phi) is 4.20. The lowest BCUT2D eigenvalue weighted by Gasteiger charge is -2.17. The van der Waals surface area contributed by atoms with Crippen LogP contribution in [0.3, 0.4) is 0 Å². The summed E-state index contributed by atoms with van der Waals surface area (Å²) in [5, 5.41) is 9.61. The molecule has 0 radical (unpaired) electrons. The molecule has 0 aromatic heterocycles. The van der Waals surface area contributed by atoms with E-state index < -0.39 is 5.72 Å². The summed E-state index contributed by atoms with van der Waals surface area (Å²) in [7, 11) is 0. The van der Waals surface area contributed by atoms with E-state index in [0.717, 1.165) is 16.9 Å². The average Bonchev–Trinajstić information content (AvgIpc) is 2.36. The summed E-state index contributed by atoms with van der Waals surface area (Å²) in [5.41, 5.74) is 6.48. The number of nitrogens with two attached hydrogens (primary N) is 1. The van der Waals surface area contributed by atoms with E-state index in [1.807, 2.05) is 54.6 Å². The van der Waals surface area contributed by atoms with Gasteiger partial charge in [-0.1, -0.05) is 42.5 Å². The highest BCUT2D eigenvalue weighted by Crippen LogP contribution is 2.17. The van der Waals surface area contributed by atoms with Crippen molar-refractivity contribution in [1.82, 2.24) is 0 Å². The van der Waals surface area contributed by atoms with Crippen LogP contribution in [-0.2, 0) is 13.0 Å². The van der Waals surface area contributed by atoms with Crippen LogP contribution in [0.5, 0.6) is 5.75 Å². The zero-order valence-corrected chi connectivity index (χ0v) is 11.0. The molecule has 2 aromatic rings. The zero-order valence-electron chi connectivity index (χ0n) is 11.0. The molecule has 19 heavy (non-hydrogen) atoms. The maximum Gasteiger partial charge on any atom is 0.120 e. The van der Waals surface area contributed by atoms with Crippen LogP contribution in [0, 0.1) is 0 Å². The summed E-state index contributed by atoms with van der Waals surface area (Å²) in [4.78, 5) is 0. The molecule has 2 rings (SSSR count). The summed E-state index contributed by atoms with van der Waals surface area (Å²) in [5.74, 6) is 0.783. The lowest BCUT2D eigenvalue weighted by molar-refractivity contribution is 0.0676. The van der Waals surface area contributed by atoms with Gasteiger partial charge in [-0.3, -0.25) is 0 Å². The van der Waals surface area contributed by atoms with Crippen molar-refractivity contribution in [3.05, 3.63) is 65.7 Å². The number of rotatable bonds is 5. The van der Waals surface area contributed by atoms with Gasteiger partial charge in [0.25, 0.3) is 0 Å².